The molecule has 0 aliphatic carbocycles. The number of thioether (sulfide) groups is 1. The van der Waals surface area contributed by atoms with Gasteiger partial charge in [0.05, 0.1) is 17.0 Å². The van der Waals surface area contributed by atoms with Gasteiger partial charge in [-0.05, 0) is 55.2 Å². The fourth-order valence-corrected chi connectivity index (χ4v) is 5.73. The highest BCUT2D eigenvalue weighted by molar-refractivity contribution is 8.26. The first-order chi connectivity index (χ1) is 16.9. The van der Waals surface area contributed by atoms with Crippen LogP contribution in [0.2, 0.25) is 0 Å². The Bertz CT molecular complexity index is 1390. The number of pyridine rings is 1. The van der Waals surface area contributed by atoms with Crippen LogP contribution in [0, 0.1) is 12.7 Å². The molecule has 180 valence electrons. The van der Waals surface area contributed by atoms with E-state index in [-0.39, 0.29) is 23.8 Å². The molecule has 2 aliphatic rings. The number of aromatic nitrogens is 2. The van der Waals surface area contributed by atoms with Gasteiger partial charge in [-0.25, -0.2) is 9.37 Å². The number of hydrogen-bond donors (Lipinski definition) is 0. The van der Waals surface area contributed by atoms with E-state index >= 15 is 0 Å². The second kappa shape index (κ2) is 9.91. The number of carbonyl (C=O) groups is 1. The maximum atomic E-state index is 13.7. The Morgan fingerprint density at radius 1 is 1.09 bits per heavy atom. The average molecular weight is 509 g/mol. The minimum Gasteiger partial charge on any atom is -0.356 e. The maximum Gasteiger partial charge on any atom is 0.267 e. The molecule has 0 unspecified atom stereocenters. The first kappa shape index (κ1) is 23.7. The topological polar surface area (TPSA) is 57.9 Å². The molecule has 1 amide bonds. The number of carbonyl (C=O) groups excluding carboxylic acids is 1. The summed E-state index contributed by atoms with van der Waals surface area (Å²) in [6.45, 7) is 3.82. The first-order valence-corrected chi connectivity index (χ1v) is 12.9. The van der Waals surface area contributed by atoms with Gasteiger partial charge in [0.2, 0.25) is 0 Å². The van der Waals surface area contributed by atoms with Gasteiger partial charge in [-0.1, -0.05) is 55.0 Å². The summed E-state index contributed by atoms with van der Waals surface area (Å²) in [7, 11) is 0. The van der Waals surface area contributed by atoms with Crippen molar-refractivity contribution in [3.8, 4) is 0 Å². The number of aryl methyl sites for hydroxylation is 1. The van der Waals surface area contributed by atoms with E-state index in [1.165, 1.54) is 28.8 Å². The highest BCUT2D eigenvalue weighted by atomic mass is 32.2. The standard InChI is InChI=1S/C26H25FN4O2S2/c1-17-7-6-14-30-22(17)28-23(29-12-4-2-3-5-13-29)20(24(30)32)15-21-25(33)31(26(34)35-21)16-18-8-10-19(27)11-9-18/h6-11,14-15H,2-5,12-13,16H2,1H3/b21-15+. The number of thiocarbonyl (C=S) groups is 1. The van der Waals surface area contributed by atoms with Gasteiger partial charge in [-0.15, -0.1) is 0 Å². The molecule has 9 heteroatoms. The Morgan fingerprint density at radius 2 is 1.80 bits per heavy atom. The molecule has 3 aromatic rings. The van der Waals surface area contributed by atoms with Crippen molar-refractivity contribution in [2.24, 2.45) is 0 Å². The molecular formula is C26H25FN4O2S2. The lowest BCUT2D eigenvalue weighted by atomic mass is 10.2. The van der Waals surface area contributed by atoms with Crippen molar-refractivity contribution in [2.75, 3.05) is 18.0 Å². The van der Waals surface area contributed by atoms with E-state index in [0.717, 1.165) is 49.9 Å². The zero-order valence-electron chi connectivity index (χ0n) is 19.4. The van der Waals surface area contributed by atoms with Crippen molar-refractivity contribution in [1.82, 2.24) is 14.3 Å². The molecule has 2 aromatic heterocycles. The van der Waals surface area contributed by atoms with Gasteiger partial charge in [0.1, 0.15) is 21.6 Å². The molecule has 0 spiro atoms. The molecule has 1 aromatic carbocycles. The summed E-state index contributed by atoms with van der Waals surface area (Å²) in [6.07, 6.45) is 7.73. The number of rotatable bonds is 4. The molecule has 4 heterocycles. The third-order valence-corrected chi connectivity index (χ3v) is 7.75. The van der Waals surface area contributed by atoms with Crippen LogP contribution in [0.4, 0.5) is 10.2 Å². The molecule has 2 fully saturated rings. The predicted molar refractivity (Wildman–Crippen MR) is 142 cm³/mol. The second-order valence-corrected chi connectivity index (χ2v) is 10.5. The van der Waals surface area contributed by atoms with Gasteiger partial charge in [0.15, 0.2) is 0 Å². The maximum absolute atomic E-state index is 13.7. The molecule has 35 heavy (non-hydrogen) atoms. The quantitative estimate of drug-likeness (QED) is 0.368. The van der Waals surface area contributed by atoms with Crippen molar-refractivity contribution >= 4 is 51.7 Å². The van der Waals surface area contributed by atoms with Crippen molar-refractivity contribution in [3.63, 3.8) is 0 Å². The minimum atomic E-state index is -0.334. The van der Waals surface area contributed by atoms with Crippen LogP contribution in [0.1, 0.15) is 42.4 Å². The van der Waals surface area contributed by atoms with Crippen LogP contribution in [-0.4, -0.2) is 37.6 Å². The third-order valence-electron chi connectivity index (χ3n) is 6.37. The number of halogens is 1. The summed E-state index contributed by atoms with van der Waals surface area (Å²) in [5.41, 5.74) is 2.51. The van der Waals surface area contributed by atoms with Crippen LogP contribution in [-0.2, 0) is 11.3 Å². The van der Waals surface area contributed by atoms with Crippen LogP contribution < -0.4 is 10.5 Å². The zero-order valence-corrected chi connectivity index (χ0v) is 21.0. The van der Waals surface area contributed by atoms with Gasteiger partial charge in [0, 0.05) is 19.3 Å². The van der Waals surface area contributed by atoms with E-state index in [2.05, 4.69) is 4.90 Å². The number of nitrogens with zero attached hydrogens (tertiary/aromatic N) is 4. The molecule has 2 saturated heterocycles. The fraction of sp³-hybridized carbons (Fsp3) is 0.308. The Kier molecular flexibility index (Phi) is 6.71. The van der Waals surface area contributed by atoms with E-state index in [1.807, 2.05) is 19.1 Å². The lowest BCUT2D eigenvalue weighted by molar-refractivity contribution is -0.122. The Labute approximate surface area is 212 Å². The summed E-state index contributed by atoms with van der Waals surface area (Å²) in [6, 6.07) is 9.76. The van der Waals surface area contributed by atoms with Gasteiger partial charge >= 0.3 is 0 Å². The van der Waals surface area contributed by atoms with Gasteiger partial charge in [-0.3, -0.25) is 18.9 Å². The van der Waals surface area contributed by atoms with Crippen LogP contribution in [0.3, 0.4) is 0 Å². The van der Waals surface area contributed by atoms with Crippen molar-refractivity contribution in [1.29, 1.82) is 0 Å². The van der Waals surface area contributed by atoms with E-state index in [1.54, 1.807) is 28.8 Å². The monoisotopic (exact) mass is 508 g/mol. The number of benzene rings is 1. The first-order valence-electron chi connectivity index (χ1n) is 11.7. The predicted octanol–water partition coefficient (Wildman–Crippen LogP) is 4.92. The highest BCUT2D eigenvalue weighted by Crippen LogP contribution is 2.35. The minimum absolute atomic E-state index is 0.207. The number of anilines is 1. The van der Waals surface area contributed by atoms with Crippen LogP contribution in [0.15, 0.2) is 52.3 Å². The SMILES string of the molecule is Cc1cccn2c(=O)c(/C=C3/SC(=S)N(Cc4ccc(F)cc4)C3=O)c(N3CCCCCC3)nc12. The summed E-state index contributed by atoms with van der Waals surface area (Å²) >= 11 is 6.66. The average Bonchev–Trinajstić information content (AvgIpc) is 3.03. The lowest BCUT2D eigenvalue weighted by Crippen LogP contribution is -2.30. The summed E-state index contributed by atoms with van der Waals surface area (Å²) in [5, 5.41) is 0. The smallest absolute Gasteiger partial charge is 0.267 e. The molecule has 2 aliphatic heterocycles. The van der Waals surface area contributed by atoms with Crippen molar-refractivity contribution < 1.29 is 9.18 Å². The lowest BCUT2D eigenvalue weighted by Gasteiger charge is -2.24. The highest BCUT2D eigenvalue weighted by Gasteiger charge is 2.33. The Balaban J connectivity index is 1.57. The van der Waals surface area contributed by atoms with Crippen LogP contribution in [0.5, 0.6) is 0 Å². The van der Waals surface area contributed by atoms with E-state index < -0.39 is 0 Å². The molecule has 5 rings (SSSR count). The summed E-state index contributed by atoms with van der Waals surface area (Å²) in [5.74, 6) is 0.0227. The van der Waals surface area contributed by atoms with Gasteiger partial charge < -0.3 is 4.90 Å². The number of hydrogen-bond acceptors (Lipinski definition) is 6. The normalized spacial score (nSPS) is 18.1. The van der Waals surface area contributed by atoms with Crippen molar-refractivity contribution in [3.05, 3.63) is 80.4 Å². The zero-order chi connectivity index (χ0) is 24.5. The van der Waals surface area contributed by atoms with Crippen LogP contribution >= 0.6 is 24.0 Å². The van der Waals surface area contributed by atoms with Crippen LogP contribution in [0.25, 0.3) is 11.7 Å². The Hall–Kier alpha value is -3.04. The van der Waals surface area contributed by atoms with Gasteiger partial charge in [0.25, 0.3) is 11.5 Å². The molecular weight excluding hydrogens is 483 g/mol. The second-order valence-electron chi connectivity index (χ2n) is 8.83. The van der Waals surface area contributed by atoms with Crippen molar-refractivity contribution in [2.45, 2.75) is 39.2 Å². The largest absolute Gasteiger partial charge is 0.356 e. The number of fused-ring (bicyclic) bond motifs is 1. The van der Waals surface area contributed by atoms with E-state index in [9.17, 15) is 14.0 Å². The summed E-state index contributed by atoms with van der Waals surface area (Å²) in [4.78, 5) is 35.9. The fourth-order valence-electron chi connectivity index (χ4n) is 4.49. The molecule has 6 nitrogen and oxygen atoms in total. The summed E-state index contributed by atoms with van der Waals surface area (Å²) < 4.78 is 15.2. The molecule has 0 N–H and O–H groups in total. The Morgan fingerprint density at radius 3 is 2.51 bits per heavy atom. The molecule has 0 atom stereocenters. The number of amides is 1. The molecule has 0 saturated carbocycles. The third kappa shape index (κ3) is 4.75. The van der Waals surface area contributed by atoms with Gasteiger partial charge in [-0.2, -0.15) is 0 Å². The molecule has 0 radical (unpaired) electrons. The van der Waals surface area contributed by atoms with E-state index in [4.69, 9.17) is 17.2 Å². The van der Waals surface area contributed by atoms with E-state index in [0.29, 0.717) is 26.3 Å². The molecule has 0 bridgehead atoms.